The van der Waals surface area contributed by atoms with Crippen LogP contribution < -0.4 is 0 Å². The van der Waals surface area contributed by atoms with E-state index in [1.165, 1.54) is 0 Å². The molecule has 0 unspecified atom stereocenters. The van der Waals surface area contributed by atoms with Crippen LogP contribution in [0.1, 0.15) is 29.9 Å². The molecule has 0 saturated heterocycles. The maximum Gasteiger partial charge on any atom is 0.357 e. The fraction of sp³-hybridized carbons (Fsp3) is 0.176. The van der Waals surface area contributed by atoms with E-state index >= 15 is 0 Å². The minimum absolute atomic E-state index is 0.0361. The van der Waals surface area contributed by atoms with E-state index in [4.69, 9.17) is 11.6 Å². The second kappa shape index (κ2) is 5.37. The van der Waals surface area contributed by atoms with E-state index in [0.29, 0.717) is 21.5 Å². The third-order valence-electron chi connectivity index (χ3n) is 3.76. The highest BCUT2D eigenvalue weighted by molar-refractivity contribution is 6.34. The molecule has 0 amide bonds. The minimum atomic E-state index is -1.10. The molecule has 0 aliphatic carbocycles. The number of H-pyrrole nitrogens is 1. The molecular formula is C17H15ClN2O3. The van der Waals surface area contributed by atoms with Crippen LogP contribution in [-0.2, 0) is 5.60 Å². The average molecular weight is 331 g/mol. The summed E-state index contributed by atoms with van der Waals surface area (Å²) in [7, 11) is 0. The fourth-order valence-electron chi connectivity index (χ4n) is 2.48. The van der Waals surface area contributed by atoms with Crippen LogP contribution >= 0.6 is 11.6 Å². The van der Waals surface area contributed by atoms with E-state index in [1.807, 2.05) is 24.3 Å². The summed E-state index contributed by atoms with van der Waals surface area (Å²) in [4.78, 5) is 11.2. The molecule has 0 atom stereocenters. The van der Waals surface area contributed by atoms with Crippen LogP contribution in [0.4, 0.5) is 0 Å². The van der Waals surface area contributed by atoms with Gasteiger partial charge in [0.2, 0.25) is 0 Å². The number of halogens is 1. The van der Waals surface area contributed by atoms with Gasteiger partial charge < -0.3 is 10.2 Å². The van der Waals surface area contributed by atoms with E-state index in [2.05, 4.69) is 10.2 Å². The molecule has 0 spiro atoms. The molecule has 0 saturated carbocycles. The van der Waals surface area contributed by atoms with Crippen LogP contribution in [0, 0.1) is 0 Å². The number of fused-ring (bicyclic) bond motifs is 1. The van der Waals surface area contributed by atoms with Gasteiger partial charge in [0.1, 0.15) is 0 Å². The summed E-state index contributed by atoms with van der Waals surface area (Å²) in [6.45, 7) is 3.43. The maximum absolute atomic E-state index is 11.2. The van der Waals surface area contributed by atoms with E-state index in [-0.39, 0.29) is 5.69 Å². The second-order valence-electron chi connectivity index (χ2n) is 5.89. The summed E-state index contributed by atoms with van der Waals surface area (Å²) in [6.07, 6.45) is 0. The lowest BCUT2D eigenvalue weighted by atomic mass is 9.95. The van der Waals surface area contributed by atoms with E-state index in [0.717, 1.165) is 11.1 Å². The predicted molar refractivity (Wildman–Crippen MR) is 88.7 cm³/mol. The predicted octanol–water partition coefficient (Wildman–Crippen LogP) is 3.81. The Hall–Kier alpha value is -2.37. The van der Waals surface area contributed by atoms with Gasteiger partial charge >= 0.3 is 5.97 Å². The number of aliphatic hydroxyl groups is 1. The number of aromatic nitrogens is 2. The van der Waals surface area contributed by atoms with E-state index < -0.39 is 11.6 Å². The number of carboxylic acids is 1. The quantitative estimate of drug-likeness (QED) is 0.681. The molecule has 23 heavy (non-hydrogen) atoms. The van der Waals surface area contributed by atoms with Gasteiger partial charge in [0.25, 0.3) is 0 Å². The second-order valence-corrected chi connectivity index (χ2v) is 6.30. The molecule has 1 aromatic heterocycles. The van der Waals surface area contributed by atoms with Gasteiger partial charge in [0.15, 0.2) is 5.69 Å². The molecule has 0 bridgehead atoms. The summed E-state index contributed by atoms with van der Waals surface area (Å²) in [6, 6.07) is 10.7. The number of carbonyl (C=O) groups is 1. The number of aromatic carboxylic acids is 1. The van der Waals surface area contributed by atoms with Crippen molar-refractivity contribution in [3.63, 3.8) is 0 Å². The van der Waals surface area contributed by atoms with E-state index in [1.54, 1.807) is 26.0 Å². The first kappa shape index (κ1) is 15.5. The molecule has 0 fully saturated rings. The summed E-state index contributed by atoms with van der Waals surface area (Å²) in [5.74, 6) is -1.10. The van der Waals surface area contributed by atoms with E-state index in [9.17, 15) is 15.0 Å². The first-order valence-electron chi connectivity index (χ1n) is 7.01. The number of hydrogen-bond donors (Lipinski definition) is 3. The lowest BCUT2D eigenvalue weighted by Gasteiger charge is -2.18. The Morgan fingerprint density at radius 3 is 2.43 bits per heavy atom. The van der Waals surface area contributed by atoms with Gasteiger partial charge in [-0.3, -0.25) is 5.10 Å². The Balaban J connectivity index is 2.13. The van der Waals surface area contributed by atoms with Crippen LogP contribution in [0.2, 0.25) is 5.02 Å². The first-order valence-corrected chi connectivity index (χ1v) is 7.39. The van der Waals surface area contributed by atoms with Crippen LogP contribution in [0.5, 0.6) is 0 Å². The maximum atomic E-state index is 11.2. The smallest absolute Gasteiger partial charge is 0.357 e. The normalized spacial score (nSPS) is 11.8. The van der Waals surface area contributed by atoms with Gasteiger partial charge in [-0.1, -0.05) is 35.9 Å². The van der Waals surface area contributed by atoms with Crippen LogP contribution in [0.25, 0.3) is 22.0 Å². The summed E-state index contributed by atoms with van der Waals surface area (Å²) >= 11 is 6.31. The molecule has 0 aliphatic heterocycles. The minimum Gasteiger partial charge on any atom is -0.476 e. The molecule has 0 radical (unpaired) electrons. The Bertz CT molecular complexity index is 893. The van der Waals surface area contributed by atoms with Gasteiger partial charge in [0.05, 0.1) is 16.1 Å². The topological polar surface area (TPSA) is 86.2 Å². The summed E-state index contributed by atoms with van der Waals surface area (Å²) < 4.78 is 0. The summed E-state index contributed by atoms with van der Waals surface area (Å²) in [5.41, 5.74) is 1.95. The highest BCUT2D eigenvalue weighted by atomic mass is 35.5. The number of hydrogen-bond acceptors (Lipinski definition) is 3. The average Bonchev–Trinajstić information content (AvgIpc) is 2.88. The van der Waals surface area contributed by atoms with Gasteiger partial charge in [-0.2, -0.15) is 5.10 Å². The highest BCUT2D eigenvalue weighted by Crippen LogP contribution is 2.33. The Kier molecular flexibility index (Phi) is 3.62. The molecule has 5 nitrogen and oxygen atoms in total. The number of nitrogens with zero attached hydrogens (tertiary/aromatic N) is 1. The van der Waals surface area contributed by atoms with Gasteiger partial charge in [0, 0.05) is 10.9 Å². The monoisotopic (exact) mass is 330 g/mol. The van der Waals surface area contributed by atoms with Crippen molar-refractivity contribution in [2.75, 3.05) is 0 Å². The van der Waals surface area contributed by atoms with Crippen molar-refractivity contribution in [1.82, 2.24) is 10.2 Å². The van der Waals surface area contributed by atoms with Crippen molar-refractivity contribution < 1.29 is 15.0 Å². The summed E-state index contributed by atoms with van der Waals surface area (Å²) in [5, 5.41) is 26.7. The van der Waals surface area contributed by atoms with Crippen LogP contribution in [0.15, 0.2) is 36.4 Å². The lowest BCUT2D eigenvalue weighted by molar-refractivity contribution is 0.0692. The SMILES string of the molecule is CC(C)(O)c1ccc(-c2cc3c(C(=O)O)n[nH]c3cc2Cl)cc1. The molecule has 1 heterocycles. The molecule has 6 heteroatoms. The largest absolute Gasteiger partial charge is 0.476 e. The molecular weight excluding hydrogens is 316 g/mol. The molecule has 2 aromatic carbocycles. The van der Waals surface area contributed by atoms with Crippen LogP contribution in [-0.4, -0.2) is 26.4 Å². The number of benzene rings is 2. The van der Waals surface area contributed by atoms with Crippen molar-refractivity contribution >= 4 is 28.5 Å². The molecule has 3 aromatic rings. The third kappa shape index (κ3) is 2.81. The zero-order valence-corrected chi connectivity index (χ0v) is 13.3. The Morgan fingerprint density at radius 2 is 1.87 bits per heavy atom. The first-order chi connectivity index (χ1) is 10.8. The number of nitrogens with one attached hydrogen (secondary N) is 1. The fourth-order valence-corrected chi connectivity index (χ4v) is 2.75. The molecule has 3 N–H and O–H groups in total. The standard InChI is InChI=1S/C17H15ClN2O3/c1-17(2,23)10-5-3-9(4-6-10)11-7-12-14(8-13(11)18)19-20-15(12)16(21)22/h3-8,23H,1-2H3,(H,19,20)(H,21,22). The van der Waals surface area contributed by atoms with Crippen molar-refractivity contribution in [3.05, 3.63) is 52.7 Å². The van der Waals surface area contributed by atoms with Crippen molar-refractivity contribution in [3.8, 4) is 11.1 Å². The lowest BCUT2D eigenvalue weighted by Crippen LogP contribution is -2.14. The van der Waals surface area contributed by atoms with Crippen molar-refractivity contribution in [2.24, 2.45) is 0 Å². The van der Waals surface area contributed by atoms with Gasteiger partial charge in [-0.05, 0) is 37.1 Å². The number of carboxylic acid groups (broad SMARTS) is 1. The molecule has 118 valence electrons. The van der Waals surface area contributed by atoms with Crippen LogP contribution in [0.3, 0.4) is 0 Å². The van der Waals surface area contributed by atoms with Crippen molar-refractivity contribution in [2.45, 2.75) is 19.4 Å². The van der Waals surface area contributed by atoms with Crippen molar-refractivity contribution in [1.29, 1.82) is 0 Å². The zero-order chi connectivity index (χ0) is 16.8. The molecule has 0 aliphatic rings. The third-order valence-corrected chi connectivity index (χ3v) is 4.07. The Labute approximate surface area is 137 Å². The number of aromatic amines is 1. The zero-order valence-electron chi connectivity index (χ0n) is 12.6. The van der Waals surface area contributed by atoms with Gasteiger partial charge in [-0.15, -0.1) is 0 Å². The Morgan fingerprint density at radius 1 is 1.22 bits per heavy atom. The number of rotatable bonds is 3. The highest BCUT2D eigenvalue weighted by Gasteiger charge is 2.18. The molecule has 3 rings (SSSR count). The van der Waals surface area contributed by atoms with Gasteiger partial charge in [-0.25, -0.2) is 4.79 Å².